The van der Waals surface area contributed by atoms with Crippen LogP contribution in [0.1, 0.15) is 24.0 Å². The van der Waals surface area contributed by atoms with Crippen molar-refractivity contribution in [1.29, 1.82) is 0 Å². The highest BCUT2D eigenvalue weighted by Crippen LogP contribution is 2.37. The number of ether oxygens (including phenoxy) is 1. The van der Waals surface area contributed by atoms with E-state index in [0.717, 1.165) is 60.6 Å². The molecule has 0 radical (unpaired) electrons. The Hall–Kier alpha value is -1.40. The summed E-state index contributed by atoms with van der Waals surface area (Å²) >= 11 is 9.49. The van der Waals surface area contributed by atoms with Crippen molar-refractivity contribution in [1.82, 2.24) is 9.80 Å². The Morgan fingerprint density at radius 1 is 0.966 bits per heavy atom. The van der Waals surface area contributed by atoms with Gasteiger partial charge in [-0.1, -0.05) is 51.8 Å². The molecule has 6 heteroatoms. The van der Waals surface area contributed by atoms with Gasteiger partial charge in [0.1, 0.15) is 0 Å². The van der Waals surface area contributed by atoms with Crippen molar-refractivity contribution in [2.45, 2.75) is 24.8 Å². The van der Waals surface area contributed by atoms with Gasteiger partial charge in [0.25, 0.3) is 0 Å². The molecule has 4 rings (SSSR count). The fourth-order valence-electron chi connectivity index (χ4n) is 4.37. The summed E-state index contributed by atoms with van der Waals surface area (Å²) in [7, 11) is 0. The van der Waals surface area contributed by atoms with Gasteiger partial charge in [-0.3, -0.25) is 9.69 Å². The zero-order chi connectivity index (χ0) is 20.3. The Bertz CT molecular complexity index is 827. The van der Waals surface area contributed by atoms with Crippen LogP contribution in [0.5, 0.6) is 0 Å². The second kappa shape index (κ2) is 9.17. The molecule has 1 amide bonds. The predicted octanol–water partition coefficient (Wildman–Crippen LogP) is 4.50. The summed E-state index contributed by atoms with van der Waals surface area (Å²) in [5.41, 5.74) is 1.90. The molecule has 29 heavy (non-hydrogen) atoms. The number of carbonyl (C=O) groups is 1. The molecule has 0 aliphatic carbocycles. The molecule has 2 aromatic rings. The Morgan fingerprint density at radius 2 is 1.59 bits per heavy atom. The zero-order valence-corrected chi connectivity index (χ0v) is 18.8. The summed E-state index contributed by atoms with van der Waals surface area (Å²) < 4.78 is 6.64. The molecule has 0 N–H and O–H groups in total. The maximum Gasteiger partial charge on any atom is 0.233 e. The smallest absolute Gasteiger partial charge is 0.233 e. The first-order valence-corrected chi connectivity index (χ1v) is 11.3. The van der Waals surface area contributed by atoms with Gasteiger partial charge in [-0.05, 0) is 48.2 Å². The average Bonchev–Trinajstić information content (AvgIpc) is 2.76. The summed E-state index contributed by atoms with van der Waals surface area (Å²) in [6.45, 7) is 5.49. The number of amides is 1. The van der Waals surface area contributed by atoms with Gasteiger partial charge in [0.15, 0.2) is 0 Å². The first-order chi connectivity index (χ1) is 14.1. The Balaban J connectivity index is 1.44. The largest absolute Gasteiger partial charge is 0.381 e. The highest BCUT2D eigenvalue weighted by molar-refractivity contribution is 9.10. The predicted molar refractivity (Wildman–Crippen MR) is 119 cm³/mol. The van der Waals surface area contributed by atoms with E-state index >= 15 is 0 Å². The van der Waals surface area contributed by atoms with Crippen LogP contribution in [0.15, 0.2) is 53.0 Å². The quantitative estimate of drug-likeness (QED) is 0.650. The van der Waals surface area contributed by atoms with E-state index in [4.69, 9.17) is 16.3 Å². The Kier molecular flexibility index (Phi) is 6.60. The molecule has 2 aliphatic rings. The third-order valence-corrected chi connectivity index (χ3v) is 6.91. The van der Waals surface area contributed by atoms with Crippen LogP contribution in [-0.2, 0) is 21.5 Å². The van der Waals surface area contributed by atoms with Gasteiger partial charge in [-0.25, -0.2) is 0 Å². The summed E-state index contributed by atoms with van der Waals surface area (Å²) in [4.78, 5) is 18.2. The number of benzene rings is 2. The zero-order valence-electron chi connectivity index (χ0n) is 16.4. The molecule has 0 bridgehead atoms. The van der Waals surface area contributed by atoms with Crippen molar-refractivity contribution in [2.75, 3.05) is 39.4 Å². The van der Waals surface area contributed by atoms with Crippen molar-refractivity contribution in [3.63, 3.8) is 0 Å². The number of hydrogen-bond acceptors (Lipinski definition) is 3. The number of rotatable bonds is 4. The molecule has 2 saturated heterocycles. The molecule has 0 unspecified atom stereocenters. The van der Waals surface area contributed by atoms with Crippen molar-refractivity contribution in [3.8, 4) is 0 Å². The van der Waals surface area contributed by atoms with Crippen LogP contribution >= 0.6 is 27.5 Å². The van der Waals surface area contributed by atoms with Crippen molar-refractivity contribution >= 4 is 33.4 Å². The molecule has 154 valence electrons. The number of hydrogen-bond donors (Lipinski definition) is 0. The summed E-state index contributed by atoms with van der Waals surface area (Å²) in [5, 5.41) is 0.763. The monoisotopic (exact) mass is 476 g/mol. The van der Waals surface area contributed by atoms with Gasteiger partial charge in [0.05, 0.1) is 5.41 Å². The molecule has 2 aliphatic heterocycles. The van der Waals surface area contributed by atoms with Crippen LogP contribution in [0.4, 0.5) is 0 Å². The normalized spacial score (nSPS) is 19.9. The van der Waals surface area contributed by atoms with E-state index in [2.05, 4.69) is 50.0 Å². The van der Waals surface area contributed by atoms with Crippen LogP contribution in [0.2, 0.25) is 5.02 Å². The van der Waals surface area contributed by atoms with Gasteiger partial charge in [0.2, 0.25) is 5.91 Å². The molecule has 2 fully saturated rings. The lowest BCUT2D eigenvalue weighted by Crippen LogP contribution is -2.55. The first-order valence-electron chi connectivity index (χ1n) is 10.2. The van der Waals surface area contributed by atoms with E-state index in [0.29, 0.717) is 13.2 Å². The number of halogens is 2. The van der Waals surface area contributed by atoms with Crippen LogP contribution < -0.4 is 0 Å². The molecule has 2 aromatic carbocycles. The number of piperazine rings is 1. The lowest BCUT2D eigenvalue weighted by atomic mass is 9.73. The fraction of sp³-hybridized carbons (Fsp3) is 0.435. The highest BCUT2D eigenvalue weighted by Gasteiger charge is 2.44. The third kappa shape index (κ3) is 4.69. The molecular formula is C23H26BrClN2O2. The molecule has 0 spiro atoms. The Morgan fingerprint density at radius 3 is 2.21 bits per heavy atom. The minimum absolute atomic E-state index is 0.259. The van der Waals surface area contributed by atoms with E-state index in [1.54, 1.807) is 0 Å². The van der Waals surface area contributed by atoms with Gasteiger partial charge in [-0.15, -0.1) is 0 Å². The van der Waals surface area contributed by atoms with Gasteiger partial charge >= 0.3 is 0 Å². The van der Waals surface area contributed by atoms with Crippen molar-refractivity contribution in [3.05, 3.63) is 69.2 Å². The molecule has 2 heterocycles. The second-order valence-corrected chi connectivity index (χ2v) is 9.25. The summed E-state index contributed by atoms with van der Waals surface area (Å²) in [6, 6.07) is 16.3. The molecule has 0 saturated carbocycles. The molecule has 0 aromatic heterocycles. The fourth-order valence-corrected chi connectivity index (χ4v) is 4.76. The first kappa shape index (κ1) is 20.9. The van der Waals surface area contributed by atoms with Crippen molar-refractivity contribution in [2.24, 2.45) is 0 Å². The van der Waals surface area contributed by atoms with Gasteiger partial charge < -0.3 is 9.64 Å². The van der Waals surface area contributed by atoms with E-state index in [9.17, 15) is 4.79 Å². The highest BCUT2D eigenvalue weighted by atomic mass is 79.9. The average molecular weight is 478 g/mol. The van der Waals surface area contributed by atoms with Crippen LogP contribution in [0, 0.1) is 0 Å². The maximum absolute atomic E-state index is 13.7. The second-order valence-electron chi connectivity index (χ2n) is 7.90. The number of nitrogens with zero attached hydrogens (tertiary/aromatic N) is 2. The van der Waals surface area contributed by atoms with Gasteiger partial charge in [-0.2, -0.15) is 0 Å². The third-order valence-electron chi connectivity index (χ3n) is 6.13. The minimum Gasteiger partial charge on any atom is -0.381 e. The van der Waals surface area contributed by atoms with Crippen LogP contribution in [-0.4, -0.2) is 55.1 Å². The lowest BCUT2D eigenvalue weighted by molar-refractivity contribution is -0.143. The lowest BCUT2D eigenvalue weighted by Gasteiger charge is -2.43. The topological polar surface area (TPSA) is 32.8 Å². The SMILES string of the molecule is O=C(N1CCN(Cc2ccc(Cl)cc2)CC1)C1(c2ccc(Br)cc2)CCOCC1. The van der Waals surface area contributed by atoms with Crippen LogP contribution in [0.3, 0.4) is 0 Å². The molecule has 0 atom stereocenters. The summed E-state index contributed by atoms with van der Waals surface area (Å²) in [5.74, 6) is 0.259. The van der Waals surface area contributed by atoms with Crippen molar-refractivity contribution < 1.29 is 9.53 Å². The summed E-state index contributed by atoms with van der Waals surface area (Å²) in [6.07, 6.45) is 1.50. The maximum atomic E-state index is 13.7. The Labute approximate surface area is 185 Å². The van der Waals surface area contributed by atoms with Crippen LogP contribution in [0.25, 0.3) is 0 Å². The van der Waals surface area contributed by atoms with E-state index in [1.807, 2.05) is 24.3 Å². The van der Waals surface area contributed by atoms with E-state index in [1.165, 1.54) is 5.56 Å². The standard InChI is InChI=1S/C23H26BrClN2O2/c24-20-5-3-19(4-6-20)23(9-15-29-16-10-23)22(28)27-13-11-26(12-14-27)17-18-1-7-21(25)8-2-18/h1-8H,9-17H2. The van der Waals surface area contributed by atoms with E-state index in [-0.39, 0.29) is 5.91 Å². The van der Waals surface area contributed by atoms with E-state index < -0.39 is 5.41 Å². The molecule has 4 nitrogen and oxygen atoms in total. The minimum atomic E-state index is -0.461. The number of carbonyl (C=O) groups excluding carboxylic acids is 1. The molecular weight excluding hydrogens is 452 g/mol. The van der Waals surface area contributed by atoms with Gasteiger partial charge in [0, 0.05) is 55.4 Å².